The quantitative estimate of drug-likeness (QED) is 0.0891. The van der Waals surface area contributed by atoms with Crippen LogP contribution in [0.5, 0.6) is 0 Å². The molecule has 10 nitrogen and oxygen atoms in total. The van der Waals surface area contributed by atoms with Crippen molar-refractivity contribution in [2.45, 2.75) is 131 Å². The van der Waals surface area contributed by atoms with Crippen LogP contribution in [0.15, 0.2) is 35.5 Å². The van der Waals surface area contributed by atoms with E-state index >= 15 is 0 Å². The van der Waals surface area contributed by atoms with E-state index in [0.29, 0.717) is 69.7 Å². The van der Waals surface area contributed by atoms with Crippen molar-refractivity contribution in [3.8, 4) is 0 Å². The summed E-state index contributed by atoms with van der Waals surface area (Å²) >= 11 is 0. The number of nitrogens with one attached hydrogen (secondary N) is 2. The number of aliphatic hydroxyl groups excluding tert-OH is 2. The third kappa shape index (κ3) is 4.22. The second-order valence-corrected chi connectivity index (χ2v) is 19.9. The minimum Gasteiger partial charge on any atom is -0.447 e. The predicted molar refractivity (Wildman–Crippen MR) is 199 cm³/mol. The van der Waals surface area contributed by atoms with Gasteiger partial charge in [0.1, 0.15) is 17.5 Å². The number of carbonyl (C=O) groups is 2. The number of ether oxygens (including phenoxy) is 1. The normalized spacial score (nSPS) is 54.1. The molecule has 10 rings (SSSR count). The van der Waals surface area contributed by atoms with Crippen LogP contribution in [0.2, 0.25) is 0 Å². The topological polar surface area (TPSA) is 169 Å². The Morgan fingerprint density at radius 1 is 0.907 bits per heavy atom. The maximum Gasteiger partial charge on any atom is 0.332 e. The van der Waals surface area contributed by atoms with E-state index in [4.69, 9.17) is 4.74 Å². The Kier molecular flexibility index (Phi) is 8.29. The lowest BCUT2D eigenvalue weighted by Crippen LogP contribution is -2.85. The summed E-state index contributed by atoms with van der Waals surface area (Å²) in [5, 5.41) is 73.0. The number of rotatable bonds is 7. The molecule has 1 heterocycles. The average Bonchev–Trinajstić information content (AvgIpc) is 3.83. The molecule has 10 aliphatic rings. The van der Waals surface area contributed by atoms with Crippen molar-refractivity contribution >= 4 is 12.3 Å². The van der Waals surface area contributed by atoms with Crippen LogP contribution in [0.3, 0.4) is 0 Å². The average molecular weight is 747 g/mol. The summed E-state index contributed by atoms with van der Waals surface area (Å²) in [5.41, 5.74) is -6.95. The highest BCUT2D eigenvalue weighted by molar-refractivity contribution is 5.88. The van der Waals surface area contributed by atoms with Gasteiger partial charge in [0.25, 0.3) is 0 Å². The number of allylic oxidation sites excluding steroid dienone is 3. The molecule has 0 aromatic heterocycles. The number of esters is 1. The van der Waals surface area contributed by atoms with E-state index in [-0.39, 0.29) is 42.5 Å². The smallest absolute Gasteiger partial charge is 0.332 e. The van der Waals surface area contributed by atoms with E-state index in [1.807, 2.05) is 7.05 Å². The fourth-order valence-corrected chi connectivity index (χ4v) is 16.7. The molecular formula is C44H62N2O8. The van der Waals surface area contributed by atoms with Crippen LogP contribution < -0.4 is 10.6 Å². The van der Waals surface area contributed by atoms with Gasteiger partial charge in [-0.2, -0.15) is 0 Å². The molecule has 16 atom stereocenters. The molecule has 54 heavy (non-hydrogen) atoms. The van der Waals surface area contributed by atoms with Crippen LogP contribution in [0.25, 0.3) is 0 Å². The van der Waals surface area contributed by atoms with Crippen molar-refractivity contribution in [3.05, 3.63) is 35.5 Å². The Bertz CT molecular complexity index is 1670. The second-order valence-electron chi connectivity index (χ2n) is 19.9. The summed E-state index contributed by atoms with van der Waals surface area (Å²) < 4.78 is 6.30. The van der Waals surface area contributed by atoms with Gasteiger partial charge in [0, 0.05) is 48.9 Å². The molecule has 296 valence electrons. The van der Waals surface area contributed by atoms with Crippen molar-refractivity contribution in [1.82, 2.24) is 10.6 Å². The molecule has 1 spiro atoms. The number of hydrogen-bond donors (Lipinski definition) is 7. The zero-order valence-electron chi connectivity index (χ0n) is 31.9. The first kappa shape index (κ1) is 36.4. The molecule has 1 aliphatic heterocycles. The van der Waals surface area contributed by atoms with Gasteiger partial charge in [0.15, 0.2) is 5.60 Å². The van der Waals surface area contributed by atoms with Gasteiger partial charge in [-0.05, 0) is 124 Å². The Hall–Kier alpha value is -1.92. The Morgan fingerprint density at radius 3 is 2.50 bits per heavy atom. The minimum atomic E-state index is -2.10. The fraction of sp³-hybridized carbons (Fsp3) is 0.818. The number of aldehydes is 1. The predicted octanol–water partition coefficient (Wildman–Crippen LogP) is 3.11. The lowest BCUT2D eigenvalue weighted by molar-refractivity contribution is -0.375. The van der Waals surface area contributed by atoms with Crippen molar-refractivity contribution in [3.63, 3.8) is 0 Å². The van der Waals surface area contributed by atoms with Crippen LogP contribution in [0, 0.1) is 64.1 Å². The maximum atomic E-state index is 14.1. The fourth-order valence-electron chi connectivity index (χ4n) is 16.7. The van der Waals surface area contributed by atoms with E-state index in [9.17, 15) is 35.1 Å². The van der Waals surface area contributed by atoms with E-state index in [1.54, 1.807) is 6.08 Å². The summed E-state index contributed by atoms with van der Waals surface area (Å²) in [5.74, 6) is -2.12. The van der Waals surface area contributed by atoms with Gasteiger partial charge in [-0.25, -0.2) is 4.79 Å². The van der Waals surface area contributed by atoms with Crippen LogP contribution in [0.1, 0.15) is 96.3 Å². The summed E-state index contributed by atoms with van der Waals surface area (Å²) in [7, 11) is 1.91. The Morgan fingerprint density at radius 2 is 1.72 bits per heavy atom. The van der Waals surface area contributed by atoms with E-state index in [1.165, 1.54) is 25.7 Å². The second kappa shape index (κ2) is 12.3. The largest absolute Gasteiger partial charge is 0.447 e. The lowest BCUT2D eigenvalue weighted by atomic mass is 9.35. The van der Waals surface area contributed by atoms with Gasteiger partial charge in [0.2, 0.25) is 0 Å². The number of fused-ring (bicyclic) bond motifs is 4. The molecule has 7 N–H and O–H groups in total. The van der Waals surface area contributed by atoms with Crippen LogP contribution in [0.4, 0.5) is 0 Å². The molecule has 0 saturated heterocycles. The van der Waals surface area contributed by atoms with Gasteiger partial charge in [-0.15, -0.1) is 0 Å². The molecule has 0 aromatic rings. The molecule has 2 bridgehead atoms. The highest BCUT2D eigenvalue weighted by atomic mass is 16.6. The first-order valence-corrected chi connectivity index (χ1v) is 21.6. The molecule has 0 aromatic carbocycles. The van der Waals surface area contributed by atoms with Crippen LogP contribution in [-0.4, -0.2) is 99.1 Å². The van der Waals surface area contributed by atoms with Gasteiger partial charge >= 0.3 is 5.97 Å². The molecule has 9 aliphatic carbocycles. The standard InChI is InChI=1S/C44H62N2O8/c1-45-16-17-46-23-28-18-27-22-42(51)39(12-5-13-41(28)32(37(27)39)21-36(49)54-41)15-11-35-40(24-47)14-10-34(48)31-19-26-8-4-9-29(25-6-2-3-7-25)30(26)20-33(43(31,40)52)38(50)44(35,42)53/h4,8,18,21,24-27,29-31,33-35,37-38,45-46,48,50-53H,2-3,5-7,9-17,19-20,22-23H2,1H3. The summed E-state index contributed by atoms with van der Waals surface area (Å²) in [4.78, 5) is 27.4. The van der Waals surface area contributed by atoms with Crippen LogP contribution >= 0.6 is 0 Å². The highest BCUT2D eigenvalue weighted by Gasteiger charge is 2.86. The SMILES string of the molecule is CNCCNCC1=CC2CC3(O)C4(CCCC15OC(=O)C=C5C24)CCC1C2(C=O)CCC(O)C4CC5C=CCC(C6CCCC6)C5CC(C(O)C13O)C42O. The zero-order chi connectivity index (χ0) is 37.5. The summed E-state index contributed by atoms with van der Waals surface area (Å²) in [6.45, 7) is 2.05. The number of carbonyl (C=O) groups excluding carboxylic acids is 2. The molecule has 7 saturated carbocycles. The zero-order valence-corrected chi connectivity index (χ0v) is 31.9. The number of aliphatic hydroxyl groups is 5. The Balaban J connectivity index is 1.12. The maximum absolute atomic E-state index is 14.1. The lowest BCUT2D eigenvalue weighted by Gasteiger charge is -2.73. The number of likely N-dealkylation sites (N-methyl/N-ethyl adjacent to an activating group) is 1. The number of hydrogen-bond acceptors (Lipinski definition) is 10. The van der Waals surface area contributed by atoms with Crippen molar-refractivity contribution < 1.29 is 39.9 Å². The molecule has 10 heteroatoms. The first-order chi connectivity index (χ1) is 26.0. The van der Waals surface area contributed by atoms with Crippen molar-refractivity contribution in [2.24, 2.45) is 64.1 Å². The third-order valence-corrected chi connectivity index (χ3v) is 18.6. The van der Waals surface area contributed by atoms with Gasteiger partial charge < -0.3 is 45.7 Å². The van der Waals surface area contributed by atoms with E-state index in [2.05, 4.69) is 28.9 Å². The summed E-state index contributed by atoms with van der Waals surface area (Å²) in [6, 6.07) is 0. The van der Waals surface area contributed by atoms with Gasteiger partial charge in [-0.3, -0.25) is 0 Å². The summed E-state index contributed by atoms with van der Waals surface area (Å²) in [6.07, 6.45) is 17.1. The molecular weight excluding hydrogens is 684 g/mol. The first-order valence-electron chi connectivity index (χ1n) is 21.6. The van der Waals surface area contributed by atoms with E-state index < -0.39 is 63.2 Å². The van der Waals surface area contributed by atoms with Gasteiger partial charge in [0.05, 0.1) is 23.2 Å². The van der Waals surface area contributed by atoms with Crippen LogP contribution in [-0.2, 0) is 14.3 Å². The molecule has 0 radical (unpaired) electrons. The molecule has 0 amide bonds. The minimum absolute atomic E-state index is 0.0980. The monoisotopic (exact) mass is 746 g/mol. The molecule has 16 unspecified atom stereocenters. The Labute approximate surface area is 319 Å². The highest BCUT2D eigenvalue weighted by Crippen LogP contribution is 2.78. The van der Waals surface area contributed by atoms with E-state index in [0.717, 1.165) is 36.9 Å². The van der Waals surface area contributed by atoms with Crippen molar-refractivity contribution in [2.75, 3.05) is 26.7 Å². The van der Waals surface area contributed by atoms with Gasteiger partial charge in [-0.1, -0.05) is 43.9 Å². The molecule has 7 fully saturated rings. The van der Waals surface area contributed by atoms with Crippen molar-refractivity contribution in [1.29, 1.82) is 0 Å². The third-order valence-electron chi connectivity index (χ3n) is 18.6.